The van der Waals surface area contributed by atoms with Crippen LogP contribution < -0.4 is 10.1 Å². The van der Waals surface area contributed by atoms with Crippen LogP contribution in [0.5, 0.6) is 5.75 Å². The van der Waals surface area contributed by atoms with Crippen LogP contribution in [0.4, 0.5) is 5.69 Å². The number of carbonyl (C=O) groups excluding carboxylic acids is 1. The zero-order valence-electron chi connectivity index (χ0n) is 16.3. The van der Waals surface area contributed by atoms with Gasteiger partial charge >= 0.3 is 0 Å². The Bertz CT molecular complexity index is 963. The second kappa shape index (κ2) is 9.25. The average molecular weight is 483 g/mol. The lowest BCUT2D eigenvalue weighted by Gasteiger charge is -2.26. The highest BCUT2D eigenvalue weighted by molar-refractivity contribution is 9.10. The molecule has 0 atom stereocenters. The summed E-state index contributed by atoms with van der Waals surface area (Å²) in [5.41, 5.74) is 2.65. The molecule has 7 nitrogen and oxygen atoms in total. The number of halogens is 1. The summed E-state index contributed by atoms with van der Waals surface area (Å²) in [7, 11) is -3.55. The molecule has 0 aliphatic carbocycles. The molecule has 0 aromatic heterocycles. The third-order valence-corrected chi connectivity index (χ3v) is 6.93. The number of carbonyl (C=O) groups is 1. The maximum Gasteiger partial charge on any atom is 0.262 e. The Morgan fingerprint density at radius 3 is 2.31 bits per heavy atom. The molecule has 0 saturated carbocycles. The molecule has 1 heterocycles. The molecule has 0 spiro atoms. The van der Waals surface area contributed by atoms with E-state index in [9.17, 15) is 13.2 Å². The van der Waals surface area contributed by atoms with Crippen LogP contribution >= 0.6 is 15.9 Å². The van der Waals surface area contributed by atoms with Gasteiger partial charge in [0, 0.05) is 23.2 Å². The summed E-state index contributed by atoms with van der Waals surface area (Å²) >= 11 is 3.43. The Morgan fingerprint density at radius 1 is 1.14 bits per heavy atom. The third kappa shape index (κ3) is 5.36. The Morgan fingerprint density at radius 2 is 1.72 bits per heavy atom. The van der Waals surface area contributed by atoms with Gasteiger partial charge in [0.2, 0.25) is 10.0 Å². The maximum atomic E-state index is 12.6. The lowest BCUT2D eigenvalue weighted by atomic mass is 10.1. The normalized spacial score (nSPS) is 15.1. The number of amides is 1. The summed E-state index contributed by atoms with van der Waals surface area (Å²) in [5.74, 6) is 0.133. The summed E-state index contributed by atoms with van der Waals surface area (Å²) in [6.45, 7) is 5.14. The first-order valence-corrected chi connectivity index (χ1v) is 11.4. The number of aryl methyl sites for hydroxylation is 2. The number of morpholine rings is 1. The molecule has 9 heteroatoms. The fraction of sp³-hybridized carbons (Fsp3) is 0.350. The number of benzene rings is 2. The van der Waals surface area contributed by atoms with Crippen molar-refractivity contribution < 1.29 is 22.7 Å². The van der Waals surface area contributed by atoms with Crippen LogP contribution in [0.15, 0.2) is 45.8 Å². The number of sulfonamides is 1. The SMILES string of the molecule is Cc1cc(Br)cc(C)c1NC(=O)COc1ccc(S(=O)(=O)N2CCOCC2)cc1. The first-order chi connectivity index (χ1) is 13.8. The first kappa shape index (κ1) is 21.8. The highest BCUT2D eigenvalue weighted by Crippen LogP contribution is 2.25. The van der Waals surface area contributed by atoms with Crippen molar-refractivity contribution in [2.75, 3.05) is 38.2 Å². The van der Waals surface area contributed by atoms with Gasteiger partial charge in [-0.2, -0.15) is 4.31 Å². The lowest BCUT2D eigenvalue weighted by Crippen LogP contribution is -2.40. The Labute approximate surface area is 179 Å². The molecule has 2 aromatic rings. The van der Waals surface area contributed by atoms with Crippen molar-refractivity contribution in [3.05, 3.63) is 52.0 Å². The van der Waals surface area contributed by atoms with Gasteiger partial charge in [0.05, 0.1) is 18.1 Å². The van der Waals surface area contributed by atoms with Crippen LogP contribution in [0.3, 0.4) is 0 Å². The van der Waals surface area contributed by atoms with Crippen LogP contribution in [0.25, 0.3) is 0 Å². The smallest absolute Gasteiger partial charge is 0.262 e. The molecule has 1 amide bonds. The Balaban J connectivity index is 1.60. The van der Waals surface area contributed by atoms with Gasteiger partial charge in [-0.3, -0.25) is 4.79 Å². The van der Waals surface area contributed by atoms with E-state index in [1.165, 1.54) is 16.4 Å². The molecule has 1 aliphatic rings. The number of anilines is 1. The van der Waals surface area contributed by atoms with Crippen molar-refractivity contribution in [1.29, 1.82) is 0 Å². The number of ether oxygens (including phenoxy) is 2. The van der Waals surface area contributed by atoms with Gasteiger partial charge in [0.15, 0.2) is 6.61 Å². The van der Waals surface area contributed by atoms with E-state index in [1.807, 2.05) is 26.0 Å². The molecule has 3 rings (SSSR count). The number of hydrogen-bond acceptors (Lipinski definition) is 5. The van der Waals surface area contributed by atoms with Gasteiger partial charge in [-0.05, 0) is 61.4 Å². The summed E-state index contributed by atoms with van der Waals surface area (Å²) in [6, 6.07) is 9.93. The standard InChI is InChI=1S/C20H23BrN2O5S/c1-14-11-16(21)12-15(2)20(14)22-19(24)13-28-17-3-5-18(6-4-17)29(25,26)23-7-9-27-10-8-23/h3-6,11-12H,7-10,13H2,1-2H3,(H,22,24). The number of rotatable bonds is 6. The van der Waals surface area contributed by atoms with Gasteiger partial charge in [-0.25, -0.2) is 8.42 Å². The van der Waals surface area contributed by atoms with E-state index in [0.29, 0.717) is 32.1 Å². The second-order valence-corrected chi connectivity index (χ2v) is 9.59. The minimum absolute atomic E-state index is 0.176. The molecule has 156 valence electrons. The van der Waals surface area contributed by atoms with Crippen LogP contribution in [0.2, 0.25) is 0 Å². The zero-order chi connectivity index (χ0) is 21.0. The van der Waals surface area contributed by atoms with Gasteiger partial charge < -0.3 is 14.8 Å². The monoisotopic (exact) mass is 482 g/mol. The van der Waals surface area contributed by atoms with E-state index >= 15 is 0 Å². The van der Waals surface area contributed by atoms with Crippen molar-refractivity contribution in [3.8, 4) is 5.75 Å². The molecular formula is C20H23BrN2O5S. The van der Waals surface area contributed by atoms with E-state index < -0.39 is 10.0 Å². The van der Waals surface area contributed by atoms with Crippen LogP contribution in [-0.2, 0) is 19.6 Å². The highest BCUT2D eigenvalue weighted by atomic mass is 79.9. The molecule has 0 bridgehead atoms. The molecule has 1 N–H and O–H groups in total. The van der Waals surface area contributed by atoms with Gasteiger partial charge in [-0.1, -0.05) is 15.9 Å². The number of nitrogens with zero attached hydrogens (tertiary/aromatic N) is 1. The molecule has 1 fully saturated rings. The minimum Gasteiger partial charge on any atom is -0.484 e. The van der Waals surface area contributed by atoms with E-state index in [2.05, 4.69) is 21.2 Å². The number of nitrogens with one attached hydrogen (secondary N) is 1. The lowest BCUT2D eigenvalue weighted by molar-refractivity contribution is -0.118. The van der Waals surface area contributed by atoms with Gasteiger partial charge in [-0.15, -0.1) is 0 Å². The van der Waals surface area contributed by atoms with E-state index in [1.54, 1.807) is 12.1 Å². The molecule has 1 aliphatic heterocycles. The van der Waals surface area contributed by atoms with E-state index in [0.717, 1.165) is 21.3 Å². The summed E-state index contributed by atoms with van der Waals surface area (Å²) < 4.78 is 38.3. The predicted molar refractivity (Wildman–Crippen MR) is 114 cm³/mol. The topological polar surface area (TPSA) is 84.9 Å². The minimum atomic E-state index is -3.55. The fourth-order valence-corrected chi connectivity index (χ4v) is 5.17. The molecule has 29 heavy (non-hydrogen) atoms. The first-order valence-electron chi connectivity index (χ1n) is 9.15. The molecule has 1 saturated heterocycles. The molecular weight excluding hydrogens is 460 g/mol. The Kier molecular flexibility index (Phi) is 6.94. The van der Waals surface area contributed by atoms with Crippen LogP contribution in [-0.4, -0.2) is 51.5 Å². The van der Waals surface area contributed by atoms with Gasteiger partial charge in [0.1, 0.15) is 5.75 Å². The second-order valence-electron chi connectivity index (χ2n) is 6.74. The average Bonchev–Trinajstić information content (AvgIpc) is 2.70. The van der Waals surface area contributed by atoms with Crippen molar-refractivity contribution in [3.63, 3.8) is 0 Å². The van der Waals surface area contributed by atoms with Crippen LogP contribution in [0, 0.1) is 13.8 Å². The van der Waals surface area contributed by atoms with Crippen molar-refractivity contribution in [1.82, 2.24) is 4.31 Å². The number of hydrogen-bond donors (Lipinski definition) is 1. The van der Waals surface area contributed by atoms with Crippen molar-refractivity contribution in [2.24, 2.45) is 0 Å². The molecule has 0 unspecified atom stereocenters. The van der Waals surface area contributed by atoms with Crippen LogP contribution in [0.1, 0.15) is 11.1 Å². The van der Waals surface area contributed by atoms with Crippen molar-refractivity contribution in [2.45, 2.75) is 18.7 Å². The zero-order valence-corrected chi connectivity index (χ0v) is 18.7. The van der Waals surface area contributed by atoms with Crippen molar-refractivity contribution >= 4 is 37.5 Å². The third-order valence-electron chi connectivity index (χ3n) is 4.56. The quantitative estimate of drug-likeness (QED) is 0.683. The van der Waals surface area contributed by atoms with E-state index in [4.69, 9.17) is 9.47 Å². The summed E-state index contributed by atoms with van der Waals surface area (Å²) in [4.78, 5) is 12.4. The maximum absolute atomic E-state index is 12.6. The van der Waals surface area contributed by atoms with E-state index in [-0.39, 0.29) is 17.4 Å². The highest BCUT2D eigenvalue weighted by Gasteiger charge is 2.26. The molecule has 0 radical (unpaired) electrons. The Hall–Kier alpha value is -1.94. The van der Waals surface area contributed by atoms with Gasteiger partial charge in [0.25, 0.3) is 5.91 Å². The predicted octanol–water partition coefficient (Wildman–Crippen LogP) is 3.10. The largest absolute Gasteiger partial charge is 0.484 e. The fourth-order valence-electron chi connectivity index (χ4n) is 3.08. The summed E-state index contributed by atoms with van der Waals surface area (Å²) in [5, 5.41) is 2.86. The molecule has 2 aromatic carbocycles. The summed E-state index contributed by atoms with van der Waals surface area (Å²) in [6.07, 6.45) is 0.